The van der Waals surface area contributed by atoms with Crippen LogP contribution in [0.25, 0.3) is 0 Å². The van der Waals surface area contributed by atoms with Crippen LogP contribution >= 0.6 is 0 Å². The van der Waals surface area contributed by atoms with Crippen LogP contribution in [0.1, 0.15) is 20.8 Å². The average Bonchev–Trinajstić information content (AvgIpc) is 2.48. The number of hydrogen-bond acceptors (Lipinski definition) is 3. The lowest BCUT2D eigenvalue weighted by Gasteiger charge is -2.25. The van der Waals surface area contributed by atoms with Gasteiger partial charge in [0.1, 0.15) is 0 Å². The highest BCUT2D eigenvalue weighted by Crippen LogP contribution is 2.13. The standard InChI is InChI=1S/C16H25N3O2/c1-4-17-15(20)12-18(5-2)13-16(21)19(6-3)14-10-8-7-9-11-14/h7-11H,4-6,12-13H2,1-3H3,(H,17,20). The lowest BCUT2D eigenvalue weighted by molar-refractivity contribution is -0.123. The second-order valence-electron chi connectivity index (χ2n) is 4.73. The highest BCUT2D eigenvalue weighted by atomic mass is 16.2. The molecule has 1 N–H and O–H groups in total. The van der Waals surface area contributed by atoms with Crippen molar-refractivity contribution in [2.24, 2.45) is 0 Å². The Kier molecular flexibility index (Phi) is 7.46. The van der Waals surface area contributed by atoms with Crippen molar-refractivity contribution < 1.29 is 9.59 Å². The van der Waals surface area contributed by atoms with Gasteiger partial charge in [-0.05, 0) is 32.5 Å². The number of likely N-dealkylation sites (N-methyl/N-ethyl adjacent to an activating group) is 3. The van der Waals surface area contributed by atoms with Crippen LogP contribution in [0.2, 0.25) is 0 Å². The molecule has 1 rings (SSSR count). The van der Waals surface area contributed by atoms with Crippen molar-refractivity contribution in [2.45, 2.75) is 20.8 Å². The molecule has 0 heterocycles. The SMILES string of the molecule is CCNC(=O)CN(CC)CC(=O)N(CC)c1ccccc1. The van der Waals surface area contributed by atoms with Crippen LogP contribution < -0.4 is 10.2 Å². The van der Waals surface area contributed by atoms with Gasteiger partial charge in [-0.3, -0.25) is 14.5 Å². The largest absolute Gasteiger partial charge is 0.355 e. The Labute approximate surface area is 126 Å². The lowest BCUT2D eigenvalue weighted by atomic mass is 10.2. The van der Waals surface area contributed by atoms with Gasteiger partial charge in [0, 0.05) is 18.8 Å². The Morgan fingerprint density at radius 3 is 2.19 bits per heavy atom. The quantitative estimate of drug-likeness (QED) is 0.789. The third-order valence-corrected chi connectivity index (χ3v) is 3.23. The molecular weight excluding hydrogens is 266 g/mol. The first-order valence-electron chi connectivity index (χ1n) is 7.46. The summed E-state index contributed by atoms with van der Waals surface area (Å²) in [5, 5.41) is 2.75. The summed E-state index contributed by atoms with van der Waals surface area (Å²) in [6, 6.07) is 9.59. The van der Waals surface area contributed by atoms with Crippen molar-refractivity contribution >= 4 is 17.5 Å². The minimum atomic E-state index is -0.0464. The van der Waals surface area contributed by atoms with Gasteiger partial charge in [-0.2, -0.15) is 0 Å². The number of amides is 2. The Bertz CT molecular complexity index is 448. The number of rotatable bonds is 8. The Morgan fingerprint density at radius 2 is 1.67 bits per heavy atom. The molecule has 2 amide bonds. The van der Waals surface area contributed by atoms with Gasteiger partial charge in [-0.1, -0.05) is 25.1 Å². The molecule has 0 saturated heterocycles. The van der Waals surface area contributed by atoms with Gasteiger partial charge in [0.05, 0.1) is 13.1 Å². The van der Waals surface area contributed by atoms with Crippen molar-refractivity contribution in [1.29, 1.82) is 0 Å². The lowest BCUT2D eigenvalue weighted by Crippen LogP contribution is -2.44. The van der Waals surface area contributed by atoms with E-state index in [0.29, 0.717) is 19.6 Å². The monoisotopic (exact) mass is 291 g/mol. The van der Waals surface area contributed by atoms with Crippen LogP contribution in [0.5, 0.6) is 0 Å². The molecule has 0 aromatic heterocycles. The molecule has 0 saturated carbocycles. The van der Waals surface area contributed by atoms with Crippen LogP contribution in [-0.4, -0.2) is 49.4 Å². The van der Waals surface area contributed by atoms with E-state index in [0.717, 1.165) is 5.69 Å². The zero-order chi connectivity index (χ0) is 15.7. The third-order valence-electron chi connectivity index (χ3n) is 3.23. The highest BCUT2D eigenvalue weighted by molar-refractivity contribution is 5.95. The van der Waals surface area contributed by atoms with Gasteiger partial charge < -0.3 is 10.2 Å². The van der Waals surface area contributed by atoms with E-state index in [9.17, 15) is 9.59 Å². The molecule has 5 nitrogen and oxygen atoms in total. The van der Waals surface area contributed by atoms with E-state index < -0.39 is 0 Å². The fourth-order valence-corrected chi connectivity index (χ4v) is 2.12. The number of carbonyl (C=O) groups is 2. The third kappa shape index (κ3) is 5.55. The van der Waals surface area contributed by atoms with E-state index in [1.807, 2.05) is 56.0 Å². The molecule has 116 valence electrons. The minimum absolute atomic E-state index is 0.00912. The number of nitrogens with zero attached hydrogens (tertiary/aromatic N) is 2. The minimum Gasteiger partial charge on any atom is -0.355 e. The summed E-state index contributed by atoms with van der Waals surface area (Å²) in [4.78, 5) is 27.6. The summed E-state index contributed by atoms with van der Waals surface area (Å²) in [5.74, 6) is -0.0373. The maximum absolute atomic E-state index is 12.4. The van der Waals surface area contributed by atoms with Crippen molar-refractivity contribution in [3.8, 4) is 0 Å². The second kappa shape index (κ2) is 9.13. The molecule has 0 aliphatic rings. The van der Waals surface area contributed by atoms with Crippen molar-refractivity contribution in [3.05, 3.63) is 30.3 Å². The first-order chi connectivity index (χ1) is 10.1. The van der Waals surface area contributed by atoms with E-state index >= 15 is 0 Å². The second-order valence-corrected chi connectivity index (χ2v) is 4.73. The molecule has 0 radical (unpaired) electrons. The van der Waals surface area contributed by atoms with Gasteiger partial charge in [-0.25, -0.2) is 0 Å². The molecule has 1 aromatic rings. The van der Waals surface area contributed by atoms with Crippen LogP contribution in [0, 0.1) is 0 Å². The number of para-hydroxylation sites is 1. The van der Waals surface area contributed by atoms with Gasteiger partial charge in [0.15, 0.2) is 0 Å². The highest BCUT2D eigenvalue weighted by Gasteiger charge is 2.18. The van der Waals surface area contributed by atoms with Gasteiger partial charge in [0.2, 0.25) is 11.8 Å². The maximum Gasteiger partial charge on any atom is 0.241 e. The molecule has 0 atom stereocenters. The van der Waals surface area contributed by atoms with Gasteiger partial charge >= 0.3 is 0 Å². The van der Waals surface area contributed by atoms with E-state index in [2.05, 4.69) is 5.32 Å². The molecule has 0 aliphatic carbocycles. The number of hydrogen-bond donors (Lipinski definition) is 1. The van der Waals surface area contributed by atoms with E-state index in [4.69, 9.17) is 0 Å². The fourth-order valence-electron chi connectivity index (χ4n) is 2.12. The predicted octanol–water partition coefficient (Wildman–Crippen LogP) is 1.50. The normalized spacial score (nSPS) is 10.5. The fraction of sp³-hybridized carbons (Fsp3) is 0.500. The smallest absolute Gasteiger partial charge is 0.241 e. The van der Waals surface area contributed by atoms with Gasteiger partial charge in [-0.15, -0.1) is 0 Å². The number of nitrogens with one attached hydrogen (secondary N) is 1. The Hall–Kier alpha value is -1.88. The number of anilines is 1. The Morgan fingerprint density at radius 1 is 1.00 bits per heavy atom. The summed E-state index contributed by atoms with van der Waals surface area (Å²) in [5.41, 5.74) is 0.888. The van der Waals surface area contributed by atoms with Crippen molar-refractivity contribution in [2.75, 3.05) is 37.6 Å². The zero-order valence-electron chi connectivity index (χ0n) is 13.1. The van der Waals surface area contributed by atoms with Crippen LogP contribution in [0.3, 0.4) is 0 Å². The molecule has 0 spiro atoms. The van der Waals surface area contributed by atoms with Crippen LogP contribution in [0.15, 0.2) is 30.3 Å². The molecule has 0 unspecified atom stereocenters. The van der Waals surface area contributed by atoms with Crippen LogP contribution in [0.4, 0.5) is 5.69 Å². The van der Waals surface area contributed by atoms with Gasteiger partial charge in [0.25, 0.3) is 0 Å². The number of carbonyl (C=O) groups excluding carboxylic acids is 2. The topological polar surface area (TPSA) is 52.7 Å². The Balaban J connectivity index is 2.66. The summed E-state index contributed by atoms with van der Waals surface area (Å²) < 4.78 is 0. The molecule has 21 heavy (non-hydrogen) atoms. The molecule has 0 aliphatic heterocycles. The van der Waals surface area contributed by atoms with E-state index in [-0.39, 0.29) is 24.9 Å². The van der Waals surface area contributed by atoms with Crippen molar-refractivity contribution in [3.63, 3.8) is 0 Å². The summed E-state index contributed by atoms with van der Waals surface area (Å²) in [6.07, 6.45) is 0. The van der Waals surface area contributed by atoms with E-state index in [1.54, 1.807) is 4.90 Å². The summed E-state index contributed by atoms with van der Waals surface area (Å²) in [6.45, 7) is 8.16. The van der Waals surface area contributed by atoms with E-state index in [1.165, 1.54) is 0 Å². The zero-order valence-corrected chi connectivity index (χ0v) is 13.1. The average molecular weight is 291 g/mol. The summed E-state index contributed by atoms with van der Waals surface area (Å²) >= 11 is 0. The molecule has 0 bridgehead atoms. The number of benzene rings is 1. The summed E-state index contributed by atoms with van der Waals surface area (Å²) in [7, 11) is 0. The molecule has 0 fully saturated rings. The first-order valence-corrected chi connectivity index (χ1v) is 7.46. The molecule has 1 aromatic carbocycles. The van der Waals surface area contributed by atoms with Crippen molar-refractivity contribution in [1.82, 2.24) is 10.2 Å². The molecule has 5 heteroatoms. The maximum atomic E-state index is 12.4. The van der Waals surface area contributed by atoms with Crippen LogP contribution in [-0.2, 0) is 9.59 Å². The predicted molar refractivity (Wildman–Crippen MR) is 85.3 cm³/mol. The first kappa shape index (κ1) is 17.2. The molecular formula is C16H25N3O2.